The molecule has 2 aromatic carbocycles. The van der Waals surface area contributed by atoms with Crippen LogP contribution in [0.25, 0.3) is 10.8 Å². The molecule has 1 aliphatic rings. The molecule has 0 spiro atoms. The zero-order chi connectivity index (χ0) is 39.0. The van der Waals surface area contributed by atoms with Gasteiger partial charge in [0.2, 0.25) is 5.91 Å². The van der Waals surface area contributed by atoms with Crippen molar-refractivity contribution in [1.82, 2.24) is 10.3 Å². The summed E-state index contributed by atoms with van der Waals surface area (Å²) in [4.78, 5) is 59.0. The van der Waals surface area contributed by atoms with Crippen LogP contribution < -0.4 is 27.3 Å². The van der Waals surface area contributed by atoms with E-state index in [1.165, 1.54) is 13.1 Å². The SMILES string of the molecule is CC(=O)c1c(C(=O)C(CC(O)C(N)C(C(=O)[C@@H](N)C(C)C)C2CCCCC2)C(C)C)cnc(CNC(=O)[C@@H](N)CO)c1Oc1cccc2ccccc12. The minimum Gasteiger partial charge on any atom is -0.454 e. The van der Waals surface area contributed by atoms with Crippen LogP contribution >= 0.6 is 0 Å². The molecule has 6 atom stereocenters. The summed E-state index contributed by atoms with van der Waals surface area (Å²) >= 11 is 0. The van der Waals surface area contributed by atoms with Gasteiger partial charge in [0.05, 0.1) is 36.4 Å². The summed E-state index contributed by atoms with van der Waals surface area (Å²) in [7, 11) is 0. The maximum atomic E-state index is 14.6. The van der Waals surface area contributed by atoms with Gasteiger partial charge in [0.1, 0.15) is 17.5 Å². The van der Waals surface area contributed by atoms with E-state index in [9.17, 15) is 29.4 Å². The van der Waals surface area contributed by atoms with E-state index in [4.69, 9.17) is 21.9 Å². The zero-order valence-corrected chi connectivity index (χ0v) is 31.6. The van der Waals surface area contributed by atoms with Crippen LogP contribution in [0.2, 0.25) is 0 Å². The Balaban J connectivity index is 1.75. The lowest BCUT2D eigenvalue weighted by Gasteiger charge is -2.38. The van der Waals surface area contributed by atoms with Crippen molar-refractivity contribution >= 4 is 34.0 Å². The number of fused-ring (bicyclic) bond motifs is 1. The molecule has 1 saturated carbocycles. The van der Waals surface area contributed by atoms with Crippen molar-refractivity contribution in [3.63, 3.8) is 0 Å². The van der Waals surface area contributed by atoms with E-state index in [-0.39, 0.29) is 59.1 Å². The Morgan fingerprint density at radius 3 is 2.23 bits per heavy atom. The number of aliphatic hydroxyl groups is 2. The number of benzene rings is 2. The fourth-order valence-electron chi connectivity index (χ4n) is 7.40. The molecule has 1 heterocycles. The molecule has 0 saturated heterocycles. The largest absolute Gasteiger partial charge is 0.454 e. The smallest absolute Gasteiger partial charge is 0.239 e. The molecule has 1 aliphatic carbocycles. The molecule has 288 valence electrons. The van der Waals surface area contributed by atoms with Crippen LogP contribution in [0.3, 0.4) is 0 Å². The lowest BCUT2D eigenvalue weighted by molar-refractivity contribution is -0.129. The van der Waals surface area contributed by atoms with Crippen LogP contribution in [0.4, 0.5) is 0 Å². The van der Waals surface area contributed by atoms with Crippen LogP contribution in [0.1, 0.15) is 99.6 Å². The Bertz CT molecular complexity index is 1750. The molecule has 0 aliphatic heterocycles. The summed E-state index contributed by atoms with van der Waals surface area (Å²) in [6.45, 7) is 8.01. The second-order valence-corrected chi connectivity index (χ2v) is 15.2. The number of carbonyl (C=O) groups is 4. The number of Topliss-reactive ketones (excluding diaryl/α,β-unsaturated/α-hetero) is 3. The van der Waals surface area contributed by atoms with Crippen molar-refractivity contribution in [2.24, 2.45) is 46.8 Å². The number of amides is 1. The molecule has 1 fully saturated rings. The molecule has 0 radical (unpaired) electrons. The molecule has 4 unspecified atom stereocenters. The molecular weight excluding hydrogens is 674 g/mol. The topological polar surface area (TPSA) is 221 Å². The van der Waals surface area contributed by atoms with Gasteiger partial charge in [-0.1, -0.05) is 83.4 Å². The van der Waals surface area contributed by atoms with Crippen molar-refractivity contribution in [2.45, 2.75) is 104 Å². The second kappa shape index (κ2) is 18.8. The molecule has 12 nitrogen and oxygen atoms in total. The molecule has 53 heavy (non-hydrogen) atoms. The number of carbonyl (C=O) groups excluding carboxylic acids is 4. The van der Waals surface area contributed by atoms with Gasteiger partial charge >= 0.3 is 0 Å². The number of ketones is 3. The van der Waals surface area contributed by atoms with E-state index in [0.29, 0.717) is 5.75 Å². The van der Waals surface area contributed by atoms with Crippen molar-refractivity contribution in [3.8, 4) is 11.5 Å². The number of aliphatic hydroxyl groups excluding tert-OH is 2. The standard InChI is InChI=1S/C41H57N5O7/c1-22(2)28(18-32(49)37(44)35(26-13-7-6-8-14-26)39(51)36(43)23(3)4)38(50)29-19-45-31(20-46-41(52)30(42)21-47)40(34(29)24(5)48)53-33-17-11-15-25-12-9-10-16-27(25)33/h9-12,15-17,19,22-23,26,28,30,32,35-37,47,49H,6-8,13-14,18,20-21,42-44H2,1-5H3,(H,46,52)/t28?,30-,32?,35?,36-,37?/m0/s1. The molecule has 1 aromatic heterocycles. The molecule has 12 heteroatoms. The number of ether oxygens (including phenoxy) is 1. The first-order valence-electron chi connectivity index (χ1n) is 18.8. The van der Waals surface area contributed by atoms with E-state index < -0.39 is 60.1 Å². The van der Waals surface area contributed by atoms with Crippen LogP contribution in [0.5, 0.6) is 11.5 Å². The fourth-order valence-corrected chi connectivity index (χ4v) is 7.40. The maximum absolute atomic E-state index is 14.6. The summed E-state index contributed by atoms with van der Waals surface area (Å²) < 4.78 is 6.47. The third-order valence-corrected chi connectivity index (χ3v) is 10.7. The summed E-state index contributed by atoms with van der Waals surface area (Å²) in [6, 6.07) is 10.1. The van der Waals surface area contributed by atoms with Crippen molar-refractivity contribution in [2.75, 3.05) is 6.61 Å². The number of rotatable bonds is 18. The van der Waals surface area contributed by atoms with Gasteiger partial charge in [-0.2, -0.15) is 0 Å². The second-order valence-electron chi connectivity index (χ2n) is 15.2. The highest BCUT2D eigenvalue weighted by Crippen LogP contribution is 2.38. The van der Waals surface area contributed by atoms with Gasteiger partial charge in [-0.15, -0.1) is 0 Å². The normalized spacial score (nSPS) is 17.2. The average molecular weight is 732 g/mol. The number of nitrogens with zero attached hydrogens (tertiary/aromatic N) is 1. The lowest BCUT2D eigenvalue weighted by Crippen LogP contribution is -2.54. The summed E-state index contributed by atoms with van der Waals surface area (Å²) in [6.07, 6.45) is 4.68. The number of hydrogen-bond donors (Lipinski definition) is 6. The number of pyridine rings is 1. The Labute approximate surface area is 312 Å². The molecule has 1 amide bonds. The highest BCUT2D eigenvalue weighted by Gasteiger charge is 2.42. The Morgan fingerprint density at radius 1 is 0.943 bits per heavy atom. The summed E-state index contributed by atoms with van der Waals surface area (Å²) in [5.74, 6) is -3.21. The van der Waals surface area contributed by atoms with Crippen molar-refractivity contribution in [3.05, 3.63) is 65.5 Å². The Kier molecular flexibility index (Phi) is 14.8. The molecule has 4 rings (SSSR count). The van der Waals surface area contributed by atoms with Gasteiger partial charge in [0.15, 0.2) is 23.1 Å². The predicted octanol–water partition coefficient (Wildman–Crippen LogP) is 4.45. The number of nitrogens with one attached hydrogen (secondary N) is 1. The van der Waals surface area contributed by atoms with E-state index in [1.807, 2.05) is 58.0 Å². The Hall–Kier alpha value is -4.07. The number of nitrogens with two attached hydrogens (primary N) is 3. The third-order valence-electron chi connectivity index (χ3n) is 10.7. The predicted molar refractivity (Wildman–Crippen MR) is 204 cm³/mol. The summed E-state index contributed by atoms with van der Waals surface area (Å²) in [5, 5.41) is 25.3. The summed E-state index contributed by atoms with van der Waals surface area (Å²) in [5.41, 5.74) is 19.0. The first kappa shape index (κ1) is 41.7. The van der Waals surface area contributed by atoms with Gasteiger partial charge in [-0.3, -0.25) is 24.2 Å². The quantitative estimate of drug-likeness (QED) is 0.100. The average Bonchev–Trinajstić information content (AvgIpc) is 3.15. The highest BCUT2D eigenvalue weighted by molar-refractivity contribution is 6.10. The third kappa shape index (κ3) is 9.93. The molecule has 3 aromatic rings. The number of aromatic nitrogens is 1. The lowest BCUT2D eigenvalue weighted by atomic mass is 9.70. The van der Waals surface area contributed by atoms with Crippen LogP contribution in [-0.4, -0.2) is 69.3 Å². The van der Waals surface area contributed by atoms with Gasteiger partial charge in [-0.05, 0) is 55.4 Å². The van der Waals surface area contributed by atoms with Gasteiger partial charge in [0, 0.05) is 29.5 Å². The number of hydrogen-bond acceptors (Lipinski definition) is 11. The maximum Gasteiger partial charge on any atom is 0.239 e. The zero-order valence-electron chi connectivity index (χ0n) is 31.6. The minimum atomic E-state index is -1.22. The first-order chi connectivity index (χ1) is 25.2. The van der Waals surface area contributed by atoms with Crippen molar-refractivity contribution in [1.29, 1.82) is 0 Å². The van der Waals surface area contributed by atoms with E-state index >= 15 is 0 Å². The van der Waals surface area contributed by atoms with Gasteiger partial charge in [0.25, 0.3) is 0 Å². The van der Waals surface area contributed by atoms with E-state index in [2.05, 4.69) is 10.3 Å². The molecule has 0 bridgehead atoms. The van der Waals surface area contributed by atoms with E-state index in [0.717, 1.165) is 42.9 Å². The van der Waals surface area contributed by atoms with Crippen molar-refractivity contribution < 1.29 is 34.1 Å². The van der Waals surface area contributed by atoms with Gasteiger partial charge in [-0.25, -0.2) is 0 Å². The minimum absolute atomic E-state index is 0.00363. The monoisotopic (exact) mass is 731 g/mol. The highest BCUT2D eigenvalue weighted by atomic mass is 16.5. The van der Waals surface area contributed by atoms with Crippen LogP contribution in [0.15, 0.2) is 48.7 Å². The van der Waals surface area contributed by atoms with E-state index in [1.54, 1.807) is 12.1 Å². The van der Waals surface area contributed by atoms with Gasteiger partial charge < -0.3 is 37.5 Å². The molecule has 9 N–H and O–H groups in total. The molecular formula is C41H57N5O7. The Morgan fingerprint density at radius 2 is 1.60 bits per heavy atom. The first-order valence-corrected chi connectivity index (χ1v) is 18.8. The van der Waals surface area contributed by atoms with Crippen LogP contribution in [0, 0.1) is 29.6 Å². The van der Waals surface area contributed by atoms with Crippen LogP contribution in [-0.2, 0) is 16.1 Å². The fraction of sp³-hybridized carbons (Fsp3) is 0.537.